The summed E-state index contributed by atoms with van der Waals surface area (Å²) in [6, 6.07) is 15.1. The number of hydrogen-bond acceptors (Lipinski definition) is 4. The van der Waals surface area contributed by atoms with E-state index in [0.29, 0.717) is 23.5 Å². The van der Waals surface area contributed by atoms with Crippen molar-refractivity contribution in [3.63, 3.8) is 0 Å². The number of ether oxygens (including phenoxy) is 2. The maximum atomic E-state index is 12.6. The zero-order valence-electron chi connectivity index (χ0n) is 15.1. The molecule has 0 bridgehead atoms. The second-order valence-corrected chi connectivity index (χ2v) is 7.11. The lowest BCUT2D eigenvalue weighted by atomic mass is 10.2. The normalized spacial score (nSPS) is 12.1. The maximum absolute atomic E-state index is 12.6. The number of aromatic nitrogens is 1. The molecule has 0 radical (unpaired) electrons. The van der Waals surface area contributed by atoms with Crippen molar-refractivity contribution in [2.75, 3.05) is 13.7 Å². The predicted molar refractivity (Wildman–Crippen MR) is 104 cm³/mol. The summed E-state index contributed by atoms with van der Waals surface area (Å²) in [6.45, 7) is 5.14. The van der Waals surface area contributed by atoms with Gasteiger partial charge in [-0.2, -0.15) is 4.99 Å². The minimum atomic E-state index is -0.265. The molecule has 3 aromatic rings. The van der Waals surface area contributed by atoms with Crippen molar-refractivity contribution in [2.45, 2.75) is 26.5 Å². The van der Waals surface area contributed by atoms with Crippen molar-refractivity contribution in [3.8, 4) is 5.75 Å². The second kappa shape index (κ2) is 8.29. The first-order valence-corrected chi connectivity index (χ1v) is 9.33. The minimum Gasteiger partial charge on any atom is -0.491 e. The molecule has 1 aromatic heterocycles. The average molecular weight is 370 g/mol. The monoisotopic (exact) mass is 370 g/mol. The Balaban J connectivity index is 1.94. The smallest absolute Gasteiger partial charge is 0.279 e. The Bertz CT molecular complexity index is 955. The lowest BCUT2D eigenvalue weighted by Gasteiger charge is -2.09. The molecule has 5 nitrogen and oxygen atoms in total. The number of carbonyl (C=O) groups excluding carboxylic acids is 1. The van der Waals surface area contributed by atoms with Crippen molar-refractivity contribution in [2.24, 2.45) is 4.99 Å². The lowest BCUT2D eigenvalue weighted by molar-refractivity contribution is 0.0997. The summed E-state index contributed by atoms with van der Waals surface area (Å²) >= 11 is 1.50. The van der Waals surface area contributed by atoms with Crippen LogP contribution in [-0.4, -0.2) is 30.3 Å². The fourth-order valence-electron chi connectivity index (χ4n) is 2.60. The van der Waals surface area contributed by atoms with Crippen molar-refractivity contribution < 1.29 is 14.3 Å². The molecule has 0 aliphatic carbocycles. The van der Waals surface area contributed by atoms with Crippen molar-refractivity contribution in [1.29, 1.82) is 0 Å². The number of fused-ring (bicyclic) bond motifs is 1. The Labute approximate surface area is 156 Å². The van der Waals surface area contributed by atoms with Crippen LogP contribution in [0.25, 0.3) is 10.2 Å². The van der Waals surface area contributed by atoms with Crippen LogP contribution < -0.4 is 9.54 Å². The summed E-state index contributed by atoms with van der Waals surface area (Å²) < 4.78 is 13.9. The highest BCUT2D eigenvalue weighted by Gasteiger charge is 2.09. The van der Waals surface area contributed by atoms with Gasteiger partial charge in [0.25, 0.3) is 5.91 Å². The van der Waals surface area contributed by atoms with Gasteiger partial charge < -0.3 is 14.0 Å². The number of hydrogen-bond donors (Lipinski definition) is 0. The maximum Gasteiger partial charge on any atom is 0.279 e. The third-order valence-electron chi connectivity index (χ3n) is 3.78. The highest BCUT2D eigenvalue weighted by molar-refractivity contribution is 7.16. The van der Waals surface area contributed by atoms with Crippen LogP contribution in [0.5, 0.6) is 5.75 Å². The fourth-order valence-corrected chi connectivity index (χ4v) is 3.66. The molecule has 1 heterocycles. The van der Waals surface area contributed by atoms with Crippen molar-refractivity contribution in [3.05, 3.63) is 58.9 Å². The summed E-state index contributed by atoms with van der Waals surface area (Å²) in [5.74, 6) is 0.479. The number of nitrogens with zero attached hydrogens (tertiary/aromatic N) is 2. The van der Waals surface area contributed by atoms with E-state index in [0.717, 1.165) is 16.0 Å². The number of benzene rings is 2. The molecule has 0 saturated carbocycles. The van der Waals surface area contributed by atoms with E-state index in [1.54, 1.807) is 31.4 Å². The summed E-state index contributed by atoms with van der Waals surface area (Å²) in [5, 5.41) is 0. The van der Waals surface area contributed by atoms with Crippen LogP contribution in [0.2, 0.25) is 0 Å². The molecule has 0 atom stereocenters. The summed E-state index contributed by atoms with van der Waals surface area (Å²) in [6.07, 6.45) is 0.0968. The van der Waals surface area contributed by atoms with E-state index in [9.17, 15) is 4.79 Å². The highest BCUT2D eigenvalue weighted by atomic mass is 32.1. The molecule has 6 heteroatoms. The molecule has 2 aromatic carbocycles. The van der Waals surface area contributed by atoms with Crippen molar-refractivity contribution >= 4 is 27.5 Å². The first-order valence-electron chi connectivity index (χ1n) is 8.51. The second-order valence-electron chi connectivity index (χ2n) is 6.10. The summed E-state index contributed by atoms with van der Waals surface area (Å²) in [5.41, 5.74) is 1.60. The molecule has 0 spiro atoms. The zero-order chi connectivity index (χ0) is 18.5. The molecular formula is C20H22N2O3S. The zero-order valence-corrected chi connectivity index (χ0v) is 16.0. The van der Waals surface area contributed by atoms with Crippen LogP contribution >= 0.6 is 11.3 Å². The number of carbonyl (C=O) groups is 1. The van der Waals surface area contributed by atoms with Gasteiger partial charge >= 0.3 is 0 Å². The Morgan fingerprint density at radius 3 is 2.58 bits per heavy atom. The Morgan fingerprint density at radius 1 is 1.15 bits per heavy atom. The third kappa shape index (κ3) is 4.20. The molecule has 1 amide bonds. The van der Waals surface area contributed by atoms with Gasteiger partial charge in [-0.05, 0) is 50.2 Å². The molecule has 0 N–H and O–H groups in total. The van der Waals surface area contributed by atoms with Crippen molar-refractivity contribution in [1.82, 2.24) is 4.57 Å². The lowest BCUT2D eigenvalue weighted by Crippen LogP contribution is -2.19. The van der Waals surface area contributed by atoms with Crippen LogP contribution in [0.15, 0.2) is 53.5 Å². The molecule has 0 unspecified atom stereocenters. The molecular weight excluding hydrogens is 348 g/mol. The van der Waals surface area contributed by atoms with Crippen LogP contribution in [0.1, 0.15) is 24.2 Å². The molecule has 0 fully saturated rings. The van der Waals surface area contributed by atoms with E-state index in [4.69, 9.17) is 9.47 Å². The standard InChI is InChI=1S/C20H22N2O3S/c1-14(2)25-16-10-8-15(9-11-16)19(23)21-20-22(12-13-24-3)17-6-4-5-7-18(17)26-20/h4-11,14H,12-13H2,1-3H3. The van der Waals surface area contributed by atoms with E-state index < -0.39 is 0 Å². The first-order chi connectivity index (χ1) is 12.6. The van der Waals surface area contributed by atoms with E-state index in [-0.39, 0.29) is 12.0 Å². The SMILES string of the molecule is COCCn1c(=NC(=O)c2ccc(OC(C)C)cc2)sc2ccccc21. The predicted octanol–water partition coefficient (Wildman–Crippen LogP) is 3.88. The van der Waals surface area contributed by atoms with Gasteiger partial charge in [0.15, 0.2) is 4.80 Å². The van der Waals surface area contributed by atoms with Crippen LogP contribution in [0.3, 0.4) is 0 Å². The largest absolute Gasteiger partial charge is 0.491 e. The van der Waals surface area contributed by atoms with Gasteiger partial charge in [0.1, 0.15) is 5.75 Å². The minimum absolute atomic E-state index is 0.0968. The van der Waals surface area contributed by atoms with E-state index in [2.05, 4.69) is 4.99 Å². The number of rotatable bonds is 6. The van der Waals surface area contributed by atoms with Gasteiger partial charge in [0.05, 0.1) is 22.9 Å². The number of para-hydroxylation sites is 1. The Hall–Kier alpha value is -2.44. The molecule has 136 valence electrons. The van der Waals surface area contributed by atoms with E-state index in [1.807, 2.05) is 42.7 Å². The molecule has 3 rings (SSSR count). The van der Waals surface area contributed by atoms with Crippen LogP contribution in [0, 0.1) is 0 Å². The Kier molecular flexibility index (Phi) is 5.85. The summed E-state index contributed by atoms with van der Waals surface area (Å²) in [4.78, 5) is 17.6. The van der Waals surface area contributed by atoms with E-state index >= 15 is 0 Å². The Morgan fingerprint density at radius 2 is 1.88 bits per heavy atom. The van der Waals surface area contributed by atoms with Crippen LogP contribution in [-0.2, 0) is 11.3 Å². The van der Waals surface area contributed by atoms with Gasteiger partial charge in [-0.15, -0.1) is 0 Å². The van der Waals surface area contributed by atoms with Gasteiger partial charge in [-0.25, -0.2) is 0 Å². The van der Waals surface area contributed by atoms with Gasteiger partial charge in [0, 0.05) is 19.2 Å². The number of thiazole rings is 1. The molecule has 0 saturated heterocycles. The average Bonchev–Trinajstić information content (AvgIpc) is 2.97. The van der Waals surface area contributed by atoms with Gasteiger partial charge in [-0.3, -0.25) is 4.79 Å². The van der Waals surface area contributed by atoms with Gasteiger partial charge in [-0.1, -0.05) is 23.5 Å². The van der Waals surface area contributed by atoms with E-state index in [1.165, 1.54) is 11.3 Å². The summed E-state index contributed by atoms with van der Waals surface area (Å²) in [7, 11) is 1.66. The first kappa shape index (κ1) is 18.4. The topological polar surface area (TPSA) is 52.8 Å². The van der Waals surface area contributed by atoms with Crippen LogP contribution in [0.4, 0.5) is 0 Å². The molecule has 26 heavy (non-hydrogen) atoms. The molecule has 0 aliphatic rings. The third-order valence-corrected chi connectivity index (χ3v) is 4.84. The molecule has 0 aliphatic heterocycles. The number of amides is 1. The highest BCUT2D eigenvalue weighted by Crippen LogP contribution is 2.17. The quantitative estimate of drug-likeness (QED) is 0.662. The number of methoxy groups -OCH3 is 1. The fraction of sp³-hybridized carbons (Fsp3) is 0.300. The van der Waals surface area contributed by atoms with Gasteiger partial charge in [0.2, 0.25) is 0 Å².